The average Bonchev–Trinajstić information content (AvgIpc) is 3.02. The number of nitrogens with one attached hydrogen (secondary N) is 2. The summed E-state index contributed by atoms with van der Waals surface area (Å²) in [6.07, 6.45) is 4.08. The lowest BCUT2D eigenvalue weighted by molar-refractivity contribution is 0.0723. The molecule has 2 saturated heterocycles. The van der Waals surface area contributed by atoms with Crippen LogP contribution in [0.2, 0.25) is 0 Å². The van der Waals surface area contributed by atoms with Crippen LogP contribution in [0.25, 0.3) is 11.1 Å². The maximum atomic E-state index is 15.2. The fourth-order valence-corrected chi connectivity index (χ4v) is 6.45. The molecule has 2 aliphatic heterocycles. The van der Waals surface area contributed by atoms with E-state index < -0.39 is 0 Å². The summed E-state index contributed by atoms with van der Waals surface area (Å²) in [5, 5.41) is 6.92. The molecular formula is C36H47FN4O2. The minimum Gasteiger partial charge on any atom is -0.385 e. The summed E-state index contributed by atoms with van der Waals surface area (Å²) in [7, 11) is 1.68. The normalized spacial score (nSPS) is 18.1. The van der Waals surface area contributed by atoms with Crippen molar-refractivity contribution in [2.45, 2.75) is 51.7 Å². The third-order valence-corrected chi connectivity index (χ3v) is 8.72. The monoisotopic (exact) mass is 586 g/mol. The Morgan fingerprint density at radius 1 is 1.00 bits per heavy atom. The van der Waals surface area contributed by atoms with Crippen LogP contribution < -0.4 is 10.6 Å². The second-order valence-electron chi connectivity index (χ2n) is 12.3. The highest BCUT2D eigenvalue weighted by Gasteiger charge is 2.20. The highest BCUT2D eigenvalue weighted by atomic mass is 19.1. The second-order valence-corrected chi connectivity index (χ2v) is 12.3. The van der Waals surface area contributed by atoms with Gasteiger partial charge in [0.15, 0.2) is 0 Å². The minimum atomic E-state index is -0.250. The van der Waals surface area contributed by atoms with E-state index in [2.05, 4.69) is 46.7 Å². The van der Waals surface area contributed by atoms with Gasteiger partial charge < -0.3 is 20.3 Å². The molecule has 2 fully saturated rings. The molecule has 0 aromatic heterocycles. The summed E-state index contributed by atoms with van der Waals surface area (Å²) >= 11 is 0. The van der Waals surface area contributed by atoms with Crippen molar-refractivity contribution in [1.82, 2.24) is 20.4 Å². The van der Waals surface area contributed by atoms with Crippen molar-refractivity contribution in [2.75, 3.05) is 53.0 Å². The Kier molecular flexibility index (Phi) is 11.3. The van der Waals surface area contributed by atoms with Crippen LogP contribution in [-0.2, 0) is 24.2 Å². The lowest BCUT2D eigenvalue weighted by atomic mass is 9.90. The molecule has 43 heavy (non-hydrogen) atoms. The third kappa shape index (κ3) is 8.96. The summed E-state index contributed by atoms with van der Waals surface area (Å²) in [6.45, 7) is 9.73. The maximum absolute atomic E-state index is 15.2. The zero-order valence-corrected chi connectivity index (χ0v) is 25.8. The first-order valence-corrected chi connectivity index (χ1v) is 15.9. The van der Waals surface area contributed by atoms with E-state index in [1.54, 1.807) is 13.2 Å². The Morgan fingerprint density at radius 3 is 2.63 bits per heavy atom. The smallest absolute Gasteiger partial charge is 0.254 e. The molecule has 3 aromatic carbocycles. The van der Waals surface area contributed by atoms with E-state index in [0.717, 1.165) is 63.2 Å². The van der Waals surface area contributed by atoms with Crippen LogP contribution in [0.4, 0.5) is 4.39 Å². The van der Waals surface area contributed by atoms with Gasteiger partial charge in [0.25, 0.3) is 5.91 Å². The summed E-state index contributed by atoms with van der Waals surface area (Å²) in [4.78, 5) is 18.2. The molecule has 5 rings (SSSR count). The molecule has 2 heterocycles. The number of hydrogen-bond donors (Lipinski definition) is 2. The molecule has 1 atom stereocenters. The molecule has 0 saturated carbocycles. The lowest BCUT2D eigenvalue weighted by Gasteiger charge is -2.31. The number of nitrogens with zero attached hydrogens (tertiary/aromatic N) is 2. The van der Waals surface area contributed by atoms with E-state index in [0.29, 0.717) is 42.8 Å². The highest BCUT2D eigenvalue weighted by molar-refractivity contribution is 5.94. The van der Waals surface area contributed by atoms with Gasteiger partial charge in [0, 0.05) is 70.2 Å². The molecule has 2 aliphatic rings. The van der Waals surface area contributed by atoms with Gasteiger partial charge in [-0.25, -0.2) is 4.39 Å². The summed E-state index contributed by atoms with van der Waals surface area (Å²) in [5.41, 5.74) is 5.45. The van der Waals surface area contributed by atoms with Gasteiger partial charge in [-0.2, -0.15) is 0 Å². The van der Waals surface area contributed by atoms with Crippen molar-refractivity contribution < 1.29 is 13.9 Å². The van der Waals surface area contributed by atoms with Crippen LogP contribution in [0.1, 0.15) is 53.2 Å². The standard InChI is InChI=1S/C36H47FN4O2/c1-27-24-40(18-16-39-27)25-30-7-4-8-32(22-30)34-23-31(10-11-35(34)37)26-41(17-5-19-43-2)36(42)33-9-3-6-29(21-33)20-28-12-14-38-15-13-28/h3-4,6-11,21-23,27-28,38-39H,5,12-20,24-26H2,1-2H3/t27-/m0/s1. The number of piperidine rings is 1. The topological polar surface area (TPSA) is 56.8 Å². The van der Waals surface area contributed by atoms with Crippen molar-refractivity contribution in [3.05, 3.63) is 94.8 Å². The molecule has 6 nitrogen and oxygen atoms in total. The number of rotatable bonds is 12. The van der Waals surface area contributed by atoms with Crippen LogP contribution in [0.5, 0.6) is 0 Å². The molecule has 3 aromatic rings. The highest BCUT2D eigenvalue weighted by Crippen LogP contribution is 2.27. The number of hydrogen-bond acceptors (Lipinski definition) is 5. The Hall–Kier alpha value is -3.10. The van der Waals surface area contributed by atoms with E-state index >= 15 is 4.39 Å². The minimum absolute atomic E-state index is 0.00128. The Morgan fingerprint density at radius 2 is 1.81 bits per heavy atom. The van der Waals surface area contributed by atoms with E-state index in [4.69, 9.17) is 4.74 Å². The molecular weight excluding hydrogens is 539 g/mol. The molecule has 2 N–H and O–H groups in total. The molecule has 7 heteroatoms. The lowest BCUT2D eigenvalue weighted by Crippen LogP contribution is -2.48. The van der Waals surface area contributed by atoms with Crippen molar-refractivity contribution >= 4 is 5.91 Å². The van der Waals surface area contributed by atoms with Crippen molar-refractivity contribution in [3.63, 3.8) is 0 Å². The molecule has 0 aliphatic carbocycles. The summed E-state index contributed by atoms with van der Waals surface area (Å²) in [6, 6.07) is 22.0. The second kappa shape index (κ2) is 15.6. The van der Waals surface area contributed by atoms with Crippen LogP contribution in [0.15, 0.2) is 66.7 Å². The SMILES string of the molecule is COCCCN(Cc1ccc(F)c(-c2cccc(CN3CCN[C@@H](C)C3)c2)c1)C(=O)c1cccc(CC2CCNCC2)c1. The van der Waals surface area contributed by atoms with Gasteiger partial charge in [0.2, 0.25) is 0 Å². The van der Waals surface area contributed by atoms with E-state index in [1.165, 1.54) is 30.0 Å². The van der Waals surface area contributed by atoms with Gasteiger partial charge >= 0.3 is 0 Å². The number of carbonyl (C=O) groups excluding carboxylic acids is 1. The molecule has 0 radical (unpaired) electrons. The van der Waals surface area contributed by atoms with Crippen LogP contribution in [0.3, 0.4) is 0 Å². The first-order valence-electron chi connectivity index (χ1n) is 15.9. The predicted octanol–water partition coefficient (Wildman–Crippen LogP) is 5.51. The van der Waals surface area contributed by atoms with Crippen LogP contribution >= 0.6 is 0 Å². The first kappa shape index (κ1) is 31.3. The number of carbonyl (C=O) groups is 1. The van der Waals surface area contributed by atoms with Gasteiger partial charge in [0.05, 0.1) is 0 Å². The Bertz CT molecular complexity index is 1340. The molecule has 0 unspecified atom stereocenters. The molecule has 230 valence electrons. The van der Waals surface area contributed by atoms with Gasteiger partial charge in [-0.1, -0.05) is 36.4 Å². The Balaban J connectivity index is 1.32. The molecule has 0 bridgehead atoms. The van der Waals surface area contributed by atoms with Crippen LogP contribution in [0, 0.1) is 11.7 Å². The quantitative estimate of drug-likeness (QED) is 0.274. The molecule has 1 amide bonds. The maximum Gasteiger partial charge on any atom is 0.254 e. The number of methoxy groups -OCH3 is 1. The zero-order valence-electron chi connectivity index (χ0n) is 25.8. The third-order valence-electron chi connectivity index (χ3n) is 8.72. The Labute approximate surface area is 256 Å². The van der Waals surface area contributed by atoms with Gasteiger partial charge in [-0.15, -0.1) is 0 Å². The van der Waals surface area contributed by atoms with Crippen molar-refractivity contribution in [3.8, 4) is 11.1 Å². The summed E-state index contributed by atoms with van der Waals surface area (Å²) < 4.78 is 20.5. The number of benzene rings is 3. The molecule has 0 spiro atoms. The number of ether oxygens (including phenoxy) is 1. The van der Waals surface area contributed by atoms with Crippen molar-refractivity contribution in [2.24, 2.45) is 5.92 Å². The average molecular weight is 587 g/mol. The largest absolute Gasteiger partial charge is 0.385 e. The van der Waals surface area contributed by atoms with Crippen LogP contribution in [-0.4, -0.2) is 74.7 Å². The fourth-order valence-electron chi connectivity index (χ4n) is 6.45. The van der Waals surface area contributed by atoms with Gasteiger partial charge in [0.1, 0.15) is 5.82 Å². The fraction of sp³-hybridized carbons (Fsp3) is 0.472. The van der Waals surface area contributed by atoms with E-state index in [-0.39, 0.29) is 11.7 Å². The number of halogens is 1. The van der Waals surface area contributed by atoms with Crippen molar-refractivity contribution in [1.29, 1.82) is 0 Å². The summed E-state index contributed by atoms with van der Waals surface area (Å²) in [5.74, 6) is 0.405. The van der Waals surface area contributed by atoms with E-state index in [1.807, 2.05) is 35.2 Å². The van der Waals surface area contributed by atoms with Gasteiger partial charge in [-0.3, -0.25) is 9.69 Å². The zero-order chi connectivity index (χ0) is 30.0. The van der Waals surface area contributed by atoms with Gasteiger partial charge in [-0.05, 0) is 104 Å². The predicted molar refractivity (Wildman–Crippen MR) is 172 cm³/mol. The first-order chi connectivity index (χ1) is 21.0. The number of amides is 1. The number of piperazine rings is 1. The van der Waals surface area contributed by atoms with E-state index in [9.17, 15) is 4.79 Å².